The SMILES string of the molecule is C#SC(=O)CC(=O)N=O. The molecule has 0 N–H and O–H groups in total. The largest absolute Gasteiger partial charge is 0.294 e. The fourth-order valence-electron chi connectivity index (χ4n) is 0.197. The predicted octanol–water partition coefficient (Wildman–Crippen LogP) is 0.518. The number of hydrogen-bond acceptors (Lipinski definition) is 3. The van der Waals surface area contributed by atoms with E-state index >= 15 is 0 Å². The Hall–Kier alpha value is -1.06. The van der Waals surface area contributed by atoms with E-state index in [1.165, 1.54) is 0 Å². The number of rotatable bonds is 2. The van der Waals surface area contributed by atoms with Gasteiger partial charge in [-0.25, -0.2) is 0 Å². The van der Waals surface area contributed by atoms with Crippen LogP contribution in [0.15, 0.2) is 5.18 Å². The van der Waals surface area contributed by atoms with Crippen molar-refractivity contribution in [3.05, 3.63) is 4.91 Å². The average Bonchev–Trinajstić information content (AvgIpc) is 1.87. The van der Waals surface area contributed by atoms with Crippen molar-refractivity contribution in [1.29, 1.82) is 0 Å². The summed E-state index contributed by atoms with van der Waals surface area (Å²) in [4.78, 5) is 29.6. The van der Waals surface area contributed by atoms with Crippen LogP contribution in [0.3, 0.4) is 0 Å². The van der Waals surface area contributed by atoms with E-state index in [0.717, 1.165) is 0 Å². The van der Waals surface area contributed by atoms with Crippen LogP contribution in [-0.4, -0.2) is 11.0 Å². The number of carbonyl (C=O) groups excluding carboxylic acids is 2. The molecule has 0 rings (SSSR count). The summed E-state index contributed by atoms with van der Waals surface area (Å²) in [6.45, 7) is 0. The van der Waals surface area contributed by atoms with Crippen LogP contribution in [0.25, 0.3) is 0 Å². The highest BCUT2D eigenvalue weighted by atomic mass is 32.1. The maximum atomic E-state index is 10.2. The minimum absolute atomic E-state index is 0.410. The molecule has 0 bridgehead atoms. The molecule has 5 heteroatoms. The van der Waals surface area contributed by atoms with Crippen molar-refractivity contribution in [2.75, 3.05) is 0 Å². The van der Waals surface area contributed by atoms with Crippen molar-refractivity contribution in [3.63, 3.8) is 0 Å². The molecule has 0 atom stereocenters. The van der Waals surface area contributed by atoms with E-state index in [-0.39, 0.29) is 0 Å². The smallest absolute Gasteiger partial charge is 0.282 e. The van der Waals surface area contributed by atoms with E-state index in [9.17, 15) is 14.5 Å². The second-order valence-electron chi connectivity index (χ2n) is 1.15. The molecule has 0 fully saturated rings. The van der Waals surface area contributed by atoms with Gasteiger partial charge in [0.2, 0.25) is 5.12 Å². The Labute approximate surface area is 54.8 Å². The fraction of sp³-hybridized carbons (Fsp3) is 0.250. The monoisotopic (exact) mass is 145 g/mol. The van der Waals surface area contributed by atoms with Crippen molar-refractivity contribution in [2.45, 2.75) is 6.42 Å². The van der Waals surface area contributed by atoms with Gasteiger partial charge in [-0.2, -0.15) is 0 Å². The molecule has 48 valence electrons. The molecule has 1 amide bonds. The van der Waals surface area contributed by atoms with E-state index in [1.807, 2.05) is 5.18 Å². The summed E-state index contributed by atoms with van der Waals surface area (Å²) in [5, 5.41) is 1.44. The van der Waals surface area contributed by atoms with Crippen molar-refractivity contribution in [1.82, 2.24) is 0 Å². The van der Waals surface area contributed by atoms with Crippen molar-refractivity contribution >= 4 is 22.2 Å². The van der Waals surface area contributed by atoms with Crippen LogP contribution in [0.1, 0.15) is 6.42 Å². The first-order valence-electron chi connectivity index (χ1n) is 1.96. The molecular formula is C4H3NO3S. The summed E-state index contributed by atoms with van der Waals surface area (Å²) < 4.78 is 0. The first-order valence-corrected chi connectivity index (χ1v) is 2.84. The molecule has 0 saturated heterocycles. The Bertz CT molecular complexity index is 192. The van der Waals surface area contributed by atoms with E-state index in [4.69, 9.17) is 5.69 Å². The van der Waals surface area contributed by atoms with Crippen LogP contribution in [-0.2, 0) is 9.59 Å². The third-order valence-electron chi connectivity index (χ3n) is 0.529. The predicted molar refractivity (Wildman–Crippen MR) is 33.0 cm³/mol. The van der Waals surface area contributed by atoms with Crippen molar-refractivity contribution in [2.24, 2.45) is 5.18 Å². The molecule has 0 aliphatic heterocycles. The number of amides is 1. The minimum Gasteiger partial charge on any atom is -0.282 e. The highest BCUT2D eigenvalue weighted by Crippen LogP contribution is 1.91. The van der Waals surface area contributed by atoms with Crippen molar-refractivity contribution < 1.29 is 9.59 Å². The van der Waals surface area contributed by atoms with Crippen LogP contribution in [0, 0.1) is 10.6 Å². The molecule has 0 aromatic rings. The van der Waals surface area contributed by atoms with Crippen LogP contribution in [0.2, 0.25) is 0 Å². The summed E-state index contributed by atoms with van der Waals surface area (Å²) in [6.07, 6.45) is -0.509. The van der Waals surface area contributed by atoms with E-state index < -0.39 is 17.4 Å². The zero-order chi connectivity index (χ0) is 7.28. The second-order valence-corrected chi connectivity index (χ2v) is 1.84. The average molecular weight is 145 g/mol. The minimum atomic E-state index is -0.988. The Balaban J connectivity index is 3.77. The van der Waals surface area contributed by atoms with Gasteiger partial charge in [0, 0.05) is 5.18 Å². The summed E-state index contributed by atoms with van der Waals surface area (Å²) in [5.41, 5.74) is 4.75. The second kappa shape index (κ2) is 3.88. The summed E-state index contributed by atoms with van der Waals surface area (Å²) in [6, 6.07) is 0. The zero-order valence-electron chi connectivity index (χ0n) is 4.36. The Morgan fingerprint density at radius 3 is 2.44 bits per heavy atom. The van der Waals surface area contributed by atoms with Gasteiger partial charge in [0.05, 0.1) is 0 Å². The van der Waals surface area contributed by atoms with Gasteiger partial charge in [-0.1, -0.05) is 16.9 Å². The molecule has 0 radical (unpaired) electrons. The lowest BCUT2D eigenvalue weighted by molar-refractivity contribution is -0.122. The van der Waals surface area contributed by atoms with Gasteiger partial charge in [-0.3, -0.25) is 9.59 Å². The van der Waals surface area contributed by atoms with Gasteiger partial charge < -0.3 is 0 Å². The molecule has 0 heterocycles. The van der Waals surface area contributed by atoms with Gasteiger partial charge in [0.15, 0.2) is 0 Å². The summed E-state index contributed by atoms with van der Waals surface area (Å²) in [7, 11) is 0. The van der Waals surface area contributed by atoms with Gasteiger partial charge in [0.1, 0.15) is 6.42 Å². The maximum Gasteiger partial charge on any atom is 0.294 e. The normalized spacial score (nSPS) is 7.89. The van der Waals surface area contributed by atoms with Crippen LogP contribution in [0.4, 0.5) is 0 Å². The van der Waals surface area contributed by atoms with Gasteiger partial charge in [0.25, 0.3) is 5.91 Å². The Morgan fingerprint density at radius 2 is 2.11 bits per heavy atom. The van der Waals surface area contributed by atoms with Crippen LogP contribution < -0.4 is 0 Å². The first kappa shape index (κ1) is 7.94. The molecule has 0 aromatic heterocycles. The topological polar surface area (TPSA) is 63.6 Å². The highest BCUT2D eigenvalue weighted by molar-refractivity contribution is 8.03. The van der Waals surface area contributed by atoms with E-state index in [2.05, 4.69) is 0 Å². The summed E-state index contributed by atoms with van der Waals surface area (Å²) >= 11 is 0.410. The molecule has 0 aliphatic rings. The molecule has 4 nitrogen and oxygen atoms in total. The molecule has 0 unspecified atom stereocenters. The molecule has 0 aliphatic carbocycles. The Kier molecular flexibility index (Phi) is 3.43. The van der Waals surface area contributed by atoms with Crippen molar-refractivity contribution in [3.8, 4) is 5.69 Å². The maximum absolute atomic E-state index is 10.2. The van der Waals surface area contributed by atoms with Crippen LogP contribution >= 0.6 is 11.2 Å². The van der Waals surface area contributed by atoms with Gasteiger partial charge in [-0.05, 0) is 0 Å². The molecule has 0 saturated carbocycles. The first-order chi connectivity index (χ1) is 4.20. The molecule has 0 aromatic carbocycles. The summed E-state index contributed by atoms with van der Waals surface area (Å²) in [5.74, 6) is -0.988. The molecule has 9 heavy (non-hydrogen) atoms. The van der Waals surface area contributed by atoms with E-state index in [0.29, 0.717) is 11.2 Å². The lowest BCUT2D eigenvalue weighted by atomic mass is 10.5. The van der Waals surface area contributed by atoms with Crippen LogP contribution in [0.5, 0.6) is 0 Å². The fourth-order valence-corrected chi connectivity index (χ4v) is 0.404. The Morgan fingerprint density at radius 1 is 1.56 bits per heavy atom. The van der Waals surface area contributed by atoms with Gasteiger partial charge >= 0.3 is 0 Å². The van der Waals surface area contributed by atoms with Gasteiger partial charge in [-0.15, -0.1) is 4.91 Å². The third-order valence-corrected chi connectivity index (χ3v) is 0.936. The standard InChI is InChI=1S/C4H3NO3S/c1-9-4(7)2-3(6)5-8/h1H,2H2. The lowest BCUT2D eigenvalue weighted by Crippen LogP contribution is -1.97. The highest BCUT2D eigenvalue weighted by Gasteiger charge is 2.05. The molecular weight excluding hydrogens is 142 g/mol. The number of hydrogen-bond donors (Lipinski definition) is 0. The number of nitrogens with zero attached hydrogens (tertiary/aromatic N) is 1. The quantitative estimate of drug-likeness (QED) is 0.420. The number of nitroso groups, excluding NO2 is 1. The molecule has 0 spiro atoms. The lowest BCUT2D eigenvalue weighted by Gasteiger charge is -1.79. The third kappa shape index (κ3) is 3.52. The number of carbonyl (C=O) groups is 2. The zero-order valence-corrected chi connectivity index (χ0v) is 5.18. The van der Waals surface area contributed by atoms with E-state index in [1.54, 1.807) is 0 Å².